The number of halogens is 3. The third kappa shape index (κ3) is 4.46. The van der Waals surface area contributed by atoms with Gasteiger partial charge in [0.05, 0.1) is 5.56 Å². The van der Waals surface area contributed by atoms with Gasteiger partial charge in [0.25, 0.3) is 0 Å². The Hall–Kier alpha value is -1.72. The van der Waals surface area contributed by atoms with E-state index in [2.05, 4.69) is 5.32 Å². The van der Waals surface area contributed by atoms with E-state index in [9.17, 15) is 18.0 Å². The van der Waals surface area contributed by atoms with Gasteiger partial charge in [0.2, 0.25) is 0 Å². The molecule has 106 valence electrons. The Morgan fingerprint density at radius 3 is 2.37 bits per heavy atom. The number of carboxylic acid groups (broad SMARTS) is 1. The molecule has 0 aliphatic carbocycles. The SMILES string of the molecule is CC(C)CC(Nc1ccccc1C(F)(F)F)C(=O)O. The van der Waals surface area contributed by atoms with Gasteiger partial charge in [-0.1, -0.05) is 26.0 Å². The van der Waals surface area contributed by atoms with Crippen molar-refractivity contribution in [3.63, 3.8) is 0 Å². The van der Waals surface area contributed by atoms with Gasteiger partial charge in [-0.3, -0.25) is 0 Å². The summed E-state index contributed by atoms with van der Waals surface area (Å²) in [4.78, 5) is 11.1. The van der Waals surface area contributed by atoms with Crippen molar-refractivity contribution in [2.75, 3.05) is 5.32 Å². The van der Waals surface area contributed by atoms with Crippen LogP contribution in [0.2, 0.25) is 0 Å². The minimum absolute atomic E-state index is 0.0617. The molecule has 0 radical (unpaired) electrons. The number of rotatable bonds is 5. The molecule has 0 bridgehead atoms. The van der Waals surface area contributed by atoms with Crippen LogP contribution in [0, 0.1) is 5.92 Å². The normalized spacial score (nSPS) is 13.4. The first-order chi connectivity index (χ1) is 8.71. The van der Waals surface area contributed by atoms with Crippen LogP contribution < -0.4 is 5.32 Å². The molecule has 3 nitrogen and oxygen atoms in total. The lowest BCUT2D eigenvalue weighted by atomic mass is 10.0. The summed E-state index contributed by atoms with van der Waals surface area (Å²) in [5.74, 6) is -1.10. The van der Waals surface area contributed by atoms with E-state index in [1.54, 1.807) is 0 Å². The molecule has 0 aliphatic heterocycles. The fraction of sp³-hybridized carbons (Fsp3) is 0.462. The second kappa shape index (κ2) is 5.95. The molecule has 0 aromatic heterocycles. The maximum absolute atomic E-state index is 12.8. The van der Waals surface area contributed by atoms with Crippen LogP contribution in [0.5, 0.6) is 0 Å². The van der Waals surface area contributed by atoms with Crippen LogP contribution >= 0.6 is 0 Å². The molecule has 1 unspecified atom stereocenters. The number of aliphatic carboxylic acids is 1. The molecule has 0 fully saturated rings. The van der Waals surface area contributed by atoms with Crippen LogP contribution in [0.1, 0.15) is 25.8 Å². The van der Waals surface area contributed by atoms with Crippen molar-refractivity contribution in [2.24, 2.45) is 5.92 Å². The average Bonchev–Trinajstić information content (AvgIpc) is 2.26. The first kappa shape index (κ1) is 15.3. The molecule has 1 atom stereocenters. The van der Waals surface area contributed by atoms with Crippen molar-refractivity contribution in [3.8, 4) is 0 Å². The van der Waals surface area contributed by atoms with E-state index in [0.29, 0.717) is 0 Å². The summed E-state index contributed by atoms with van der Waals surface area (Å²) in [6.07, 6.45) is -4.26. The lowest BCUT2D eigenvalue weighted by Gasteiger charge is -2.20. The first-order valence-corrected chi connectivity index (χ1v) is 5.87. The van der Waals surface area contributed by atoms with Gasteiger partial charge in [-0.25, -0.2) is 4.79 Å². The molecule has 0 heterocycles. The molecule has 1 aromatic rings. The van der Waals surface area contributed by atoms with E-state index in [1.165, 1.54) is 18.2 Å². The zero-order valence-electron chi connectivity index (χ0n) is 10.7. The van der Waals surface area contributed by atoms with Crippen molar-refractivity contribution < 1.29 is 23.1 Å². The second-order valence-corrected chi connectivity index (χ2v) is 4.71. The maximum atomic E-state index is 12.8. The van der Waals surface area contributed by atoms with E-state index in [1.807, 2.05) is 13.8 Å². The lowest BCUT2D eigenvalue weighted by molar-refractivity contribution is -0.139. The van der Waals surface area contributed by atoms with Crippen LogP contribution in [0.15, 0.2) is 24.3 Å². The zero-order chi connectivity index (χ0) is 14.6. The molecule has 0 amide bonds. The number of benzene rings is 1. The van der Waals surface area contributed by atoms with Crippen LogP contribution in [0.4, 0.5) is 18.9 Å². The van der Waals surface area contributed by atoms with Gasteiger partial charge in [-0.2, -0.15) is 13.2 Å². The van der Waals surface area contributed by atoms with Crippen molar-refractivity contribution in [1.29, 1.82) is 0 Å². The van der Waals surface area contributed by atoms with Crippen LogP contribution in [0.3, 0.4) is 0 Å². The molecule has 1 aromatic carbocycles. The predicted molar refractivity (Wildman–Crippen MR) is 65.9 cm³/mol. The first-order valence-electron chi connectivity index (χ1n) is 5.87. The van der Waals surface area contributed by atoms with Crippen LogP contribution in [-0.2, 0) is 11.0 Å². The molecule has 19 heavy (non-hydrogen) atoms. The quantitative estimate of drug-likeness (QED) is 0.863. The number of carbonyl (C=O) groups is 1. The number of hydrogen-bond acceptors (Lipinski definition) is 2. The summed E-state index contributed by atoms with van der Waals surface area (Å²) < 4.78 is 38.3. The molecule has 0 saturated heterocycles. The van der Waals surface area contributed by atoms with Crippen molar-refractivity contribution in [2.45, 2.75) is 32.5 Å². The Labute approximate surface area is 109 Å². The minimum atomic E-state index is -4.51. The smallest absolute Gasteiger partial charge is 0.418 e. The number of carboxylic acids is 1. The summed E-state index contributed by atoms with van der Waals surface area (Å²) in [5.41, 5.74) is -1.06. The molecular weight excluding hydrogens is 259 g/mol. The Kier molecular flexibility index (Phi) is 4.80. The summed E-state index contributed by atoms with van der Waals surface area (Å²) in [6, 6.07) is 3.83. The van der Waals surface area contributed by atoms with Gasteiger partial charge < -0.3 is 10.4 Å². The molecule has 0 aliphatic rings. The number of anilines is 1. The molecule has 0 spiro atoms. The van der Waals surface area contributed by atoms with Crippen molar-refractivity contribution in [3.05, 3.63) is 29.8 Å². The van der Waals surface area contributed by atoms with Crippen molar-refractivity contribution in [1.82, 2.24) is 0 Å². The van der Waals surface area contributed by atoms with E-state index in [0.717, 1.165) is 6.07 Å². The average molecular weight is 275 g/mol. The minimum Gasteiger partial charge on any atom is -0.480 e. The van der Waals surface area contributed by atoms with Crippen LogP contribution in [-0.4, -0.2) is 17.1 Å². The maximum Gasteiger partial charge on any atom is 0.418 e. The van der Waals surface area contributed by atoms with E-state index < -0.39 is 23.8 Å². The predicted octanol–water partition coefficient (Wildman–Crippen LogP) is 3.62. The Morgan fingerprint density at radius 2 is 1.89 bits per heavy atom. The monoisotopic (exact) mass is 275 g/mol. The standard InChI is InChI=1S/C13H16F3NO2/c1-8(2)7-11(12(18)19)17-10-6-4-3-5-9(10)13(14,15)16/h3-6,8,11,17H,7H2,1-2H3,(H,18,19). The fourth-order valence-electron chi connectivity index (χ4n) is 1.74. The second-order valence-electron chi connectivity index (χ2n) is 4.71. The van der Waals surface area contributed by atoms with Gasteiger partial charge in [0.1, 0.15) is 6.04 Å². The highest BCUT2D eigenvalue weighted by Gasteiger charge is 2.34. The summed E-state index contributed by atoms with van der Waals surface area (Å²) in [7, 11) is 0. The molecule has 6 heteroatoms. The molecule has 0 saturated carbocycles. The molecule has 2 N–H and O–H groups in total. The summed E-state index contributed by atoms with van der Waals surface area (Å²) >= 11 is 0. The van der Waals surface area contributed by atoms with Crippen molar-refractivity contribution >= 4 is 11.7 Å². The summed E-state index contributed by atoms with van der Waals surface area (Å²) in [5, 5.41) is 11.5. The van der Waals surface area contributed by atoms with Crippen LogP contribution in [0.25, 0.3) is 0 Å². The highest BCUT2D eigenvalue weighted by Crippen LogP contribution is 2.35. The highest BCUT2D eigenvalue weighted by atomic mass is 19.4. The Morgan fingerprint density at radius 1 is 1.32 bits per heavy atom. The third-order valence-electron chi connectivity index (χ3n) is 2.57. The zero-order valence-corrected chi connectivity index (χ0v) is 10.7. The Balaban J connectivity index is 3.00. The summed E-state index contributed by atoms with van der Waals surface area (Å²) in [6.45, 7) is 3.63. The number of para-hydroxylation sites is 1. The molecule has 1 rings (SSSR count). The van der Waals surface area contributed by atoms with Gasteiger partial charge in [-0.05, 0) is 24.5 Å². The Bertz CT molecular complexity index is 444. The lowest BCUT2D eigenvalue weighted by Crippen LogP contribution is -2.31. The van der Waals surface area contributed by atoms with E-state index in [4.69, 9.17) is 5.11 Å². The van der Waals surface area contributed by atoms with Gasteiger partial charge in [0.15, 0.2) is 0 Å². The number of alkyl halides is 3. The molecular formula is C13H16F3NO2. The van der Waals surface area contributed by atoms with Gasteiger partial charge in [-0.15, -0.1) is 0 Å². The topological polar surface area (TPSA) is 49.3 Å². The largest absolute Gasteiger partial charge is 0.480 e. The van der Waals surface area contributed by atoms with E-state index in [-0.39, 0.29) is 18.0 Å². The fourth-order valence-corrected chi connectivity index (χ4v) is 1.74. The third-order valence-corrected chi connectivity index (χ3v) is 2.57. The number of hydrogen-bond donors (Lipinski definition) is 2. The highest BCUT2D eigenvalue weighted by molar-refractivity contribution is 5.77. The number of nitrogens with one attached hydrogen (secondary N) is 1. The van der Waals surface area contributed by atoms with Gasteiger partial charge >= 0.3 is 12.1 Å². The van der Waals surface area contributed by atoms with E-state index >= 15 is 0 Å². The van der Waals surface area contributed by atoms with Gasteiger partial charge in [0, 0.05) is 5.69 Å².